The third-order valence-corrected chi connectivity index (χ3v) is 9.17. The van der Waals surface area contributed by atoms with Gasteiger partial charge in [0.1, 0.15) is 12.4 Å². The smallest absolute Gasteiger partial charge is 0.177 e. The first-order valence-electron chi connectivity index (χ1n) is 11.1. The number of aryl methyl sites for hydroxylation is 1. The summed E-state index contributed by atoms with van der Waals surface area (Å²) in [5.41, 5.74) is 8.31. The zero-order chi connectivity index (χ0) is 23.3. The highest BCUT2D eigenvalue weighted by Gasteiger charge is 2.47. The second kappa shape index (κ2) is 8.91. The van der Waals surface area contributed by atoms with Crippen LogP contribution in [0.2, 0.25) is 10.0 Å². The highest BCUT2D eigenvalue weighted by atomic mass is 35.5. The Kier molecular flexibility index (Phi) is 6.26. The topological polar surface area (TPSA) is 88.9 Å². The lowest BCUT2D eigenvalue weighted by Crippen LogP contribution is -2.51. The van der Waals surface area contributed by atoms with Gasteiger partial charge in [0.15, 0.2) is 11.5 Å². The van der Waals surface area contributed by atoms with Gasteiger partial charge in [-0.15, -0.1) is 5.10 Å². The van der Waals surface area contributed by atoms with Crippen molar-refractivity contribution in [1.82, 2.24) is 14.6 Å². The normalized spacial score (nSPS) is 22.5. The van der Waals surface area contributed by atoms with Crippen molar-refractivity contribution < 1.29 is 9.84 Å². The van der Waals surface area contributed by atoms with Crippen molar-refractivity contribution in [2.24, 2.45) is 11.1 Å². The minimum Gasteiger partial charge on any atom is -0.388 e. The van der Waals surface area contributed by atoms with Crippen LogP contribution < -0.4 is 10.6 Å². The van der Waals surface area contributed by atoms with Gasteiger partial charge in [-0.05, 0) is 50.5 Å². The van der Waals surface area contributed by atoms with Crippen LogP contribution in [0.5, 0.6) is 0 Å². The molecule has 0 saturated carbocycles. The van der Waals surface area contributed by atoms with Gasteiger partial charge in [0.25, 0.3) is 0 Å². The molecule has 176 valence electrons. The number of hydrogen-bond acceptors (Lipinski definition) is 7. The molecule has 1 aromatic carbocycles. The van der Waals surface area contributed by atoms with Crippen molar-refractivity contribution in [3.63, 3.8) is 0 Å². The van der Waals surface area contributed by atoms with Crippen molar-refractivity contribution in [2.75, 3.05) is 24.6 Å². The van der Waals surface area contributed by atoms with Crippen molar-refractivity contribution >= 4 is 46.4 Å². The molecule has 2 atom stereocenters. The Morgan fingerprint density at radius 3 is 2.73 bits per heavy atom. The Morgan fingerprint density at radius 2 is 2.06 bits per heavy atom. The number of ether oxygens (including phenoxy) is 1. The molecule has 2 fully saturated rings. The molecule has 2 saturated heterocycles. The standard InChI is InChI=1S/C23H27Cl2N5O2S/c1-13-10-18(29-8-6-23(7-9-29)12-32-14(2)21(23)26)30-22(27-17(11-31)28-30)20(13)33-16-5-3-4-15(24)19(16)25/h3-5,10,14,21,31H,6-9,11-12,26H2,1-2H3/t14-,21+/m0/s1. The monoisotopic (exact) mass is 507 g/mol. The predicted molar refractivity (Wildman–Crippen MR) is 132 cm³/mol. The number of pyridine rings is 1. The van der Waals surface area contributed by atoms with E-state index in [1.165, 1.54) is 11.8 Å². The fourth-order valence-electron chi connectivity index (χ4n) is 4.90. The van der Waals surface area contributed by atoms with E-state index >= 15 is 0 Å². The molecule has 2 aliphatic heterocycles. The number of fused-ring (bicyclic) bond motifs is 1. The summed E-state index contributed by atoms with van der Waals surface area (Å²) in [6, 6.07) is 7.78. The summed E-state index contributed by atoms with van der Waals surface area (Å²) in [5, 5.41) is 15.4. The van der Waals surface area contributed by atoms with E-state index in [4.69, 9.17) is 33.7 Å². The van der Waals surface area contributed by atoms with Gasteiger partial charge in [0.05, 0.1) is 27.7 Å². The molecule has 5 rings (SSSR count). The van der Waals surface area contributed by atoms with Crippen molar-refractivity contribution in [2.45, 2.75) is 55.2 Å². The van der Waals surface area contributed by atoms with Gasteiger partial charge >= 0.3 is 0 Å². The molecule has 2 aromatic heterocycles. The van der Waals surface area contributed by atoms with E-state index in [1.807, 2.05) is 16.6 Å². The molecule has 3 aromatic rings. The Morgan fingerprint density at radius 1 is 1.30 bits per heavy atom. The molecular formula is C23H27Cl2N5O2S. The minimum atomic E-state index is -0.227. The Hall–Kier alpha value is -1.55. The maximum Gasteiger partial charge on any atom is 0.177 e. The van der Waals surface area contributed by atoms with Gasteiger partial charge in [0, 0.05) is 29.4 Å². The maximum atomic E-state index is 9.74. The zero-order valence-corrected chi connectivity index (χ0v) is 20.9. The molecule has 10 heteroatoms. The highest BCUT2D eigenvalue weighted by molar-refractivity contribution is 7.99. The van der Waals surface area contributed by atoms with E-state index in [-0.39, 0.29) is 24.2 Å². The lowest BCUT2D eigenvalue weighted by atomic mass is 9.73. The van der Waals surface area contributed by atoms with Crippen LogP contribution in [0.25, 0.3) is 5.65 Å². The lowest BCUT2D eigenvalue weighted by Gasteiger charge is -2.42. The molecule has 4 heterocycles. The van der Waals surface area contributed by atoms with E-state index in [0.29, 0.717) is 21.5 Å². The third-order valence-electron chi connectivity index (χ3n) is 6.97. The molecule has 0 aliphatic carbocycles. The van der Waals surface area contributed by atoms with Crippen LogP contribution in [0.15, 0.2) is 34.1 Å². The first-order valence-corrected chi connectivity index (χ1v) is 12.6. The molecule has 0 amide bonds. The highest BCUT2D eigenvalue weighted by Crippen LogP contribution is 2.44. The zero-order valence-electron chi connectivity index (χ0n) is 18.6. The van der Waals surface area contributed by atoms with Gasteiger partial charge in [-0.25, -0.2) is 4.98 Å². The second-order valence-electron chi connectivity index (χ2n) is 8.98. The summed E-state index contributed by atoms with van der Waals surface area (Å²) < 4.78 is 7.71. The van der Waals surface area contributed by atoms with Crippen LogP contribution in [0.1, 0.15) is 31.2 Å². The Balaban J connectivity index is 1.50. The predicted octanol–water partition coefficient (Wildman–Crippen LogP) is 4.32. The van der Waals surface area contributed by atoms with Crippen molar-refractivity contribution in [1.29, 1.82) is 0 Å². The van der Waals surface area contributed by atoms with Gasteiger partial charge in [0.2, 0.25) is 0 Å². The largest absolute Gasteiger partial charge is 0.388 e. The van der Waals surface area contributed by atoms with Crippen LogP contribution in [-0.2, 0) is 11.3 Å². The van der Waals surface area contributed by atoms with E-state index < -0.39 is 0 Å². The first kappa shape index (κ1) is 23.2. The fourth-order valence-corrected chi connectivity index (χ4v) is 6.38. The first-order chi connectivity index (χ1) is 15.8. The molecule has 2 aliphatic rings. The van der Waals surface area contributed by atoms with Crippen LogP contribution >= 0.6 is 35.0 Å². The van der Waals surface area contributed by atoms with Crippen LogP contribution in [0.3, 0.4) is 0 Å². The second-order valence-corrected chi connectivity index (χ2v) is 10.8. The Labute approximate surface area is 207 Å². The molecule has 7 nitrogen and oxygen atoms in total. The third kappa shape index (κ3) is 4.00. The summed E-state index contributed by atoms with van der Waals surface area (Å²) >= 11 is 14.2. The summed E-state index contributed by atoms with van der Waals surface area (Å²) in [6.45, 7) is 6.35. The number of rotatable bonds is 4. The molecule has 1 spiro atoms. The van der Waals surface area contributed by atoms with E-state index in [9.17, 15) is 5.11 Å². The lowest BCUT2D eigenvalue weighted by molar-refractivity contribution is 0.0974. The molecule has 33 heavy (non-hydrogen) atoms. The number of anilines is 1. The number of aliphatic hydroxyl groups excluding tert-OH is 1. The fraction of sp³-hybridized carbons (Fsp3) is 0.478. The Bertz CT molecular complexity index is 1200. The van der Waals surface area contributed by atoms with E-state index in [0.717, 1.165) is 53.7 Å². The molecule has 0 radical (unpaired) electrons. The summed E-state index contributed by atoms with van der Waals surface area (Å²) in [4.78, 5) is 8.74. The van der Waals surface area contributed by atoms with E-state index in [2.05, 4.69) is 34.9 Å². The molecular weight excluding hydrogens is 481 g/mol. The number of halogens is 2. The maximum absolute atomic E-state index is 9.74. The van der Waals surface area contributed by atoms with Crippen LogP contribution in [0.4, 0.5) is 5.82 Å². The van der Waals surface area contributed by atoms with Crippen LogP contribution in [0, 0.1) is 12.3 Å². The van der Waals surface area contributed by atoms with Gasteiger partial charge in [-0.2, -0.15) is 4.52 Å². The average molecular weight is 508 g/mol. The minimum absolute atomic E-state index is 0.0435. The number of piperidine rings is 1. The van der Waals surface area contributed by atoms with Crippen molar-refractivity contribution in [3.05, 3.63) is 45.7 Å². The number of benzene rings is 1. The number of aliphatic hydroxyl groups is 1. The van der Waals surface area contributed by atoms with Gasteiger partial charge in [-0.3, -0.25) is 0 Å². The van der Waals surface area contributed by atoms with Gasteiger partial charge < -0.3 is 20.5 Å². The number of aromatic nitrogens is 3. The van der Waals surface area contributed by atoms with Crippen molar-refractivity contribution in [3.8, 4) is 0 Å². The molecule has 0 unspecified atom stereocenters. The molecule has 3 N–H and O–H groups in total. The average Bonchev–Trinajstić information content (AvgIpc) is 3.36. The number of nitrogens with two attached hydrogens (primary N) is 1. The summed E-state index contributed by atoms with van der Waals surface area (Å²) in [7, 11) is 0. The SMILES string of the molecule is Cc1cc(N2CCC3(CC2)CO[C@@H](C)[C@H]3N)n2nc(CO)nc2c1Sc1cccc(Cl)c1Cl. The van der Waals surface area contributed by atoms with Gasteiger partial charge in [-0.1, -0.05) is 41.0 Å². The quantitative estimate of drug-likeness (QED) is 0.543. The van der Waals surface area contributed by atoms with Crippen LogP contribution in [-0.4, -0.2) is 51.5 Å². The summed E-state index contributed by atoms with van der Waals surface area (Å²) in [6.07, 6.45) is 2.03. The molecule has 0 bridgehead atoms. The number of nitrogens with zero attached hydrogens (tertiary/aromatic N) is 4. The number of hydrogen-bond donors (Lipinski definition) is 2. The van der Waals surface area contributed by atoms with E-state index in [1.54, 1.807) is 6.07 Å². The summed E-state index contributed by atoms with van der Waals surface area (Å²) in [5.74, 6) is 1.35.